The number of hydrogen-bond acceptors (Lipinski definition) is 4. The zero-order valence-corrected chi connectivity index (χ0v) is 19.4. The van der Waals surface area contributed by atoms with Crippen LogP contribution in [0, 0.1) is 12.7 Å². The standard InChI is InChI=1S/C26H33FN4O2/c1-18-3-5-20(6-4-18)17-31-14-13-23-25(31)26(33)29-16-22(30(23)2)11-12-24(32)28-15-19-7-9-21(27)10-8-19/h3-10,22-23,25H,11-17H2,1-2H3,(H,28,32)(H,29,33). The van der Waals surface area contributed by atoms with Gasteiger partial charge >= 0.3 is 0 Å². The molecule has 2 aromatic rings. The number of hydrogen-bond donors (Lipinski definition) is 2. The summed E-state index contributed by atoms with van der Waals surface area (Å²) in [6.45, 7) is 4.65. The third-order valence-electron chi connectivity index (χ3n) is 6.96. The average molecular weight is 453 g/mol. The highest BCUT2D eigenvalue weighted by atomic mass is 19.1. The monoisotopic (exact) mass is 452 g/mol. The largest absolute Gasteiger partial charge is 0.353 e. The lowest BCUT2D eigenvalue weighted by molar-refractivity contribution is -0.126. The molecule has 0 aliphatic carbocycles. The van der Waals surface area contributed by atoms with Gasteiger partial charge in [0.1, 0.15) is 11.9 Å². The van der Waals surface area contributed by atoms with Crippen LogP contribution in [0.15, 0.2) is 48.5 Å². The van der Waals surface area contributed by atoms with E-state index in [4.69, 9.17) is 0 Å². The zero-order chi connectivity index (χ0) is 23.4. The van der Waals surface area contributed by atoms with Crippen LogP contribution in [0.4, 0.5) is 4.39 Å². The third kappa shape index (κ3) is 5.78. The van der Waals surface area contributed by atoms with E-state index < -0.39 is 0 Å². The Balaban J connectivity index is 1.31. The maximum absolute atomic E-state index is 13.0. The van der Waals surface area contributed by atoms with Crippen LogP contribution in [-0.2, 0) is 22.7 Å². The Morgan fingerprint density at radius 1 is 1.12 bits per heavy atom. The SMILES string of the molecule is Cc1ccc(CN2CCC3C2C(=O)NCC(CCC(=O)NCc2ccc(F)cc2)N3C)cc1. The average Bonchev–Trinajstić information content (AvgIpc) is 3.18. The van der Waals surface area contributed by atoms with Gasteiger partial charge in [0.15, 0.2) is 0 Å². The molecule has 176 valence electrons. The summed E-state index contributed by atoms with van der Waals surface area (Å²) in [5.74, 6) is -0.238. The molecule has 4 rings (SSSR count). The fraction of sp³-hybridized carbons (Fsp3) is 0.462. The summed E-state index contributed by atoms with van der Waals surface area (Å²) < 4.78 is 13.0. The van der Waals surface area contributed by atoms with Crippen LogP contribution in [-0.4, -0.2) is 59.9 Å². The Hall–Kier alpha value is -2.77. The Morgan fingerprint density at radius 3 is 2.55 bits per heavy atom. The number of carbonyl (C=O) groups excluding carboxylic acids is 2. The van der Waals surface area contributed by atoms with Crippen molar-refractivity contribution in [3.8, 4) is 0 Å². The minimum absolute atomic E-state index is 0.0349. The first-order valence-corrected chi connectivity index (χ1v) is 11.7. The van der Waals surface area contributed by atoms with Gasteiger partial charge in [-0.2, -0.15) is 0 Å². The van der Waals surface area contributed by atoms with E-state index in [9.17, 15) is 14.0 Å². The van der Waals surface area contributed by atoms with Gasteiger partial charge in [-0.25, -0.2) is 4.39 Å². The van der Waals surface area contributed by atoms with Crippen molar-refractivity contribution in [3.05, 3.63) is 71.0 Å². The molecule has 2 aliphatic heterocycles. The Kier molecular flexibility index (Phi) is 7.40. The molecule has 2 heterocycles. The Bertz CT molecular complexity index is 963. The number of likely N-dealkylation sites (N-methyl/N-ethyl adjacent to an activating group) is 1. The minimum Gasteiger partial charge on any atom is -0.353 e. The predicted octanol–water partition coefficient (Wildman–Crippen LogP) is 2.60. The fourth-order valence-electron chi connectivity index (χ4n) is 4.94. The van der Waals surface area contributed by atoms with Crippen molar-refractivity contribution in [2.24, 2.45) is 0 Å². The molecule has 2 aliphatic rings. The molecule has 2 aromatic carbocycles. The number of halogens is 1. The summed E-state index contributed by atoms with van der Waals surface area (Å²) >= 11 is 0. The quantitative estimate of drug-likeness (QED) is 0.678. The summed E-state index contributed by atoms with van der Waals surface area (Å²) in [6, 6.07) is 14.7. The van der Waals surface area contributed by atoms with Gasteiger partial charge in [0.05, 0.1) is 0 Å². The molecule has 3 atom stereocenters. The number of rotatable bonds is 7. The molecule has 0 radical (unpaired) electrons. The van der Waals surface area contributed by atoms with Crippen LogP contribution >= 0.6 is 0 Å². The number of nitrogens with one attached hydrogen (secondary N) is 2. The first kappa shape index (κ1) is 23.4. The van der Waals surface area contributed by atoms with Crippen LogP contribution in [0.2, 0.25) is 0 Å². The highest BCUT2D eigenvalue weighted by molar-refractivity contribution is 5.83. The molecule has 2 saturated heterocycles. The first-order chi connectivity index (χ1) is 15.9. The summed E-state index contributed by atoms with van der Waals surface area (Å²) in [4.78, 5) is 29.9. The lowest BCUT2D eigenvalue weighted by Gasteiger charge is -2.33. The Labute approximate surface area is 195 Å². The molecular formula is C26H33FN4O2. The predicted molar refractivity (Wildman–Crippen MR) is 126 cm³/mol. The maximum Gasteiger partial charge on any atom is 0.239 e. The van der Waals surface area contributed by atoms with Crippen molar-refractivity contribution in [1.82, 2.24) is 20.4 Å². The van der Waals surface area contributed by atoms with Gasteiger partial charge in [-0.3, -0.25) is 19.4 Å². The molecule has 7 heteroatoms. The lowest BCUT2D eigenvalue weighted by Crippen LogP contribution is -2.49. The molecule has 33 heavy (non-hydrogen) atoms. The van der Waals surface area contributed by atoms with Gasteiger partial charge in [0, 0.05) is 44.7 Å². The smallest absolute Gasteiger partial charge is 0.239 e. The van der Waals surface area contributed by atoms with E-state index in [0.717, 1.165) is 25.1 Å². The second kappa shape index (κ2) is 10.4. The van der Waals surface area contributed by atoms with Crippen molar-refractivity contribution in [2.45, 2.75) is 57.4 Å². The first-order valence-electron chi connectivity index (χ1n) is 11.7. The number of fused-ring (bicyclic) bond motifs is 1. The molecule has 0 spiro atoms. The highest BCUT2D eigenvalue weighted by Crippen LogP contribution is 2.28. The Morgan fingerprint density at radius 2 is 1.82 bits per heavy atom. The third-order valence-corrected chi connectivity index (χ3v) is 6.96. The van der Waals surface area contributed by atoms with Crippen molar-refractivity contribution < 1.29 is 14.0 Å². The van der Waals surface area contributed by atoms with Crippen LogP contribution < -0.4 is 10.6 Å². The van der Waals surface area contributed by atoms with Gasteiger partial charge in [0.2, 0.25) is 11.8 Å². The summed E-state index contributed by atoms with van der Waals surface area (Å²) in [7, 11) is 2.08. The summed E-state index contributed by atoms with van der Waals surface area (Å²) in [5, 5.41) is 6.03. The van der Waals surface area contributed by atoms with Crippen molar-refractivity contribution in [1.29, 1.82) is 0 Å². The maximum atomic E-state index is 13.0. The van der Waals surface area contributed by atoms with Crippen LogP contribution in [0.25, 0.3) is 0 Å². The highest BCUT2D eigenvalue weighted by Gasteiger charge is 2.44. The molecule has 2 amide bonds. The zero-order valence-electron chi connectivity index (χ0n) is 19.4. The van der Waals surface area contributed by atoms with Crippen molar-refractivity contribution >= 4 is 11.8 Å². The molecule has 6 nitrogen and oxygen atoms in total. The van der Waals surface area contributed by atoms with E-state index in [1.807, 2.05) is 0 Å². The van der Waals surface area contributed by atoms with E-state index in [2.05, 4.69) is 58.7 Å². The molecule has 3 unspecified atom stereocenters. The second-order valence-corrected chi connectivity index (χ2v) is 9.26. The summed E-state index contributed by atoms with van der Waals surface area (Å²) in [5.41, 5.74) is 3.32. The number of likely N-dealkylation sites (tertiary alicyclic amines) is 1. The fourth-order valence-corrected chi connectivity index (χ4v) is 4.94. The minimum atomic E-state index is -0.286. The van der Waals surface area contributed by atoms with E-state index in [0.29, 0.717) is 25.9 Å². The van der Waals surface area contributed by atoms with Gasteiger partial charge in [0.25, 0.3) is 0 Å². The van der Waals surface area contributed by atoms with E-state index in [-0.39, 0.29) is 35.8 Å². The van der Waals surface area contributed by atoms with Gasteiger partial charge in [-0.1, -0.05) is 42.0 Å². The van der Waals surface area contributed by atoms with Gasteiger partial charge in [-0.15, -0.1) is 0 Å². The lowest BCUT2D eigenvalue weighted by atomic mass is 10.0. The molecule has 0 saturated carbocycles. The normalized spacial score (nSPS) is 23.6. The van der Waals surface area contributed by atoms with Crippen molar-refractivity contribution in [3.63, 3.8) is 0 Å². The van der Waals surface area contributed by atoms with Crippen LogP contribution in [0.1, 0.15) is 36.0 Å². The summed E-state index contributed by atoms with van der Waals surface area (Å²) in [6.07, 6.45) is 2.00. The van der Waals surface area contributed by atoms with E-state index >= 15 is 0 Å². The number of carbonyl (C=O) groups is 2. The molecule has 0 aromatic heterocycles. The van der Waals surface area contributed by atoms with Crippen LogP contribution in [0.3, 0.4) is 0 Å². The number of nitrogens with zero attached hydrogens (tertiary/aromatic N) is 2. The van der Waals surface area contributed by atoms with E-state index in [1.165, 1.54) is 23.3 Å². The number of aryl methyl sites for hydroxylation is 1. The number of amides is 2. The topological polar surface area (TPSA) is 64.7 Å². The second-order valence-electron chi connectivity index (χ2n) is 9.26. The molecular weight excluding hydrogens is 419 g/mol. The number of benzene rings is 2. The van der Waals surface area contributed by atoms with Crippen molar-refractivity contribution in [2.75, 3.05) is 20.1 Å². The van der Waals surface area contributed by atoms with Gasteiger partial charge < -0.3 is 10.6 Å². The molecule has 2 fully saturated rings. The molecule has 0 bridgehead atoms. The molecule has 2 N–H and O–H groups in total. The van der Waals surface area contributed by atoms with E-state index in [1.54, 1.807) is 12.1 Å². The van der Waals surface area contributed by atoms with Gasteiger partial charge in [-0.05, 0) is 50.1 Å². The van der Waals surface area contributed by atoms with Crippen LogP contribution in [0.5, 0.6) is 0 Å².